The van der Waals surface area contributed by atoms with Crippen molar-refractivity contribution < 1.29 is 9.21 Å². The first-order chi connectivity index (χ1) is 7.18. The van der Waals surface area contributed by atoms with Gasteiger partial charge in [-0.2, -0.15) is 0 Å². The highest BCUT2D eigenvalue weighted by atomic mass is 79.9. The fraction of sp³-hybridized carbons (Fsp3) is 0.545. The molecule has 1 aliphatic rings. The van der Waals surface area contributed by atoms with Crippen LogP contribution in [0.4, 0.5) is 0 Å². The van der Waals surface area contributed by atoms with E-state index in [-0.39, 0.29) is 5.91 Å². The Kier molecular flexibility index (Phi) is 3.14. The third kappa shape index (κ3) is 2.25. The highest BCUT2D eigenvalue weighted by Gasteiger charge is 2.25. The van der Waals surface area contributed by atoms with Crippen LogP contribution in [-0.4, -0.2) is 23.4 Å². The van der Waals surface area contributed by atoms with Crippen LogP contribution in [0.5, 0.6) is 0 Å². The van der Waals surface area contributed by atoms with Crippen LogP contribution in [0.15, 0.2) is 21.2 Å². The summed E-state index contributed by atoms with van der Waals surface area (Å²) in [6, 6.07) is 3.80. The van der Waals surface area contributed by atoms with Crippen molar-refractivity contribution in [2.45, 2.75) is 32.2 Å². The van der Waals surface area contributed by atoms with Gasteiger partial charge >= 0.3 is 0 Å². The van der Waals surface area contributed by atoms with Gasteiger partial charge < -0.3 is 9.32 Å². The minimum absolute atomic E-state index is 0.00731. The SMILES string of the molecule is C[C@H]1CCCCN1C(=O)c1ccc(Br)o1. The van der Waals surface area contributed by atoms with Crippen LogP contribution >= 0.6 is 15.9 Å². The number of piperidine rings is 1. The van der Waals surface area contributed by atoms with E-state index >= 15 is 0 Å². The molecule has 2 rings (SSSR count). The van der Waals surface area contributed by atoms with E-state index in [4.69, 9.17) is 4.42 Å². The molecule has 4 heteroatoms. The maximum absolute atomic E-state index is 12.0. The molecule has 0 spiro atoms. The average Bonchev–Trinajstić information content (AvgIpc) is 2.65. The number of hydrogen-bond acceptors (Lipinski definition) is 2. The minimum atomic E-state index is 0.00731. The van der Waals surface area contributed by atoms with Gasteiger partial charge in [0.25, 0.3) is 5.91 Å². The van der Waals surface area contributed by atoms with E-state index in [9.17, 15) is 4.79 Å². The molecule has 0 aliphatic carbocycles. The van der Waals surface area contributed by atoms with Crippen molar-refractivity contribution in [2.24, 2.45) is 0 Å². The summed E-state index contributed by atoms with van der Waals surface area (Å²) in [4.78, 5) is 13.9. The van der Waals surface area contributed by atoms with E-state index in [0.29, 0.717) is 16.5 Å². The molecule has 82 valence electrons. The van der Waals surface area contributed by atoms with Crippen molar-refractivity contribution in [3.8, 4) is 0 Å². The van der Waals surface area contributed by atoms with E-state index < -0.39 is 0 Å². The second kappa shape index (κ2) is 4.39. The lowest BCUT2D eigenvalue weighted by molar-refractivity contribution is 0.0601. The first kappa shape index (κ1) is 10.7. The second-order valence-corrected chi connectivity index (χ2v) is 4.73. The number of amides is 1. The average molecular weight is 272 g/mol. The molecule has 1 atom stereocenters. The maximum atomic E-state index is 12.0. The fourth-order valence-corrected chi connectivity index (χ4v) is 2.28. The van der Waals surface area contributed by atoms with Crippen molar-refractivity contribution in [3.63, 3.8) is 0 Å². The quantitative estimate of drug-likeness (QED) is 0.787. The summed E-state index contributed by atoms with van der Waals surface area (Å²) in [6.07, 6.45) is 3.40. The molecule has 15 heavy (non-hydrogen) atoms. The zero-order valence-corrected chi connectivity index (χ0v) is 10.3. The molecule has 0 aromatic carbocycles. The molecule has 2 heterocycles. The Morgan fingerprint density at radius 3 is 2.93 bits per heavy atom. The molecule has 1 fully saturated rings. The number of likely N-dealkylation sites (tertiary alicyclic amines) is 1. The summed E-state index contributed by atoms with van der Waals surface area (Å²) in [5.41, 5.74) is 0. The van der Waals surface area contributed by atoms with Crippen molar-refractivity contribution >= 4 is 21.8 Å². The molecule has 3 nitrogen and oxygen atoms in total. The Bertz CT molecular complexity index is 361. The Morgan fingerprint density at radius 2 is 2.33 bits per heavy atom. The summed E-state index contributed by atoms with van der Waals surface area (Å²) in [6.45, 7) is 2.94. The molecule has 1 saturated heterocycles. The van der Waals surface area contributed by atoms with Crippen LogP contribution in [0.1, 0.15) is 36.7 Å². The standard InChI is InChI=1S/C11H14BrNO2/c1-8-4-2-3-7-13(8)11(14)9-5-6-10(12)15-9/h5-6,8H,2-4,7H2,1H3/t8-/m0/s1. The number of halogens is 1. The Labute approximate surface area is 97.6 Å². The number of rotatable bonds is 1. The molecule has 1 aromatic rings. The van der Waals surface area contributed by atoms with Crippen LogP contribution in [0, 0.1) is 0 Å². The first-order valence-electron chi connectivity index (χ1n) is 5.25. The monoisotopic (exact) mass is 271 g/mol. The Morgan fingerprint density at radius 1 is 1.53 bits per heavy atom. The van der Waals surface area contributed by atoms with E-state index in [1.165, 1.54) is 6.42 Å². The molecular weight excluding hydrogens is 258 g/mol. The van der Waals surface area contributed by atoms with Crippen LogP contribution in [0.2, 0.25) is 0 Å². The molecule has 0 saturated carbocycles. The minimum Gasteiger partial charge on any atom is -0.444 e. The molecule has 1 aliphatic heterocycles. The van der Waals surface area contributed by atoms with Crippen LogP contribution < -0.4 is 0 Å². The number of furan rings is 1. The predicted molar refractivity (Wildman–Crippen MR) is 60.8 cm³/mol. The zero-order valence-electron chi connectivity index (χ0n) is 8.70. The third-order valence-corrected chi connectivity index (χ3v) is 3.27. The van der Waals surface area contributed by atoms with Crippen LogP contribution in [0.25, 0.3) is 0 Å². The van der Waals surface area contributed by atoms with E-state index in [0.717, 1.165) is 19.4 Å². The third-order valence-electron chi connectivity index (χ3n) is 2.85. The largest absolute Gasteiger partial charge is 0.444 e. The topological polar surface area (TPSA) is 33.5 Å². The Balaban J connectivity index is 2.13. The van der Waals surface area contributed by atoms with Crippen molar-refractivity contribution in [1.82, 2.24) is 4.90 Å². The molecule has 0 unspecified atom stereocenters. The zero-order chi connectivity index (χ0) is 10.8. The van der Waals surface area contributed by atoms with Gasteiger partial charge in [-0.15, -0.1) is 0 Å². The number of carbonyl (C=O) groups excluding carboxylic acids is 1. The molecule has 0 radical (unpaired) electrons. The highest BCUT2D eigenvalue weighted by Crippen LogP contribution is 2.21. The summed E-state index contributed by atoms with van der Waals surface area (Å²) in [7, 11) is 0. The smallest absolute Gasteiger partial charge is 0.289 e. The molecule has 0 bridgehead atoms. The van der Waals surface area contributed by atoms with Crippen LogP contribution in [-0.2, 0) is 0 Å². The van der Waals surface area contributed by atoms with Crippen LogP contribution in [0.3, 0.4) is 0 Å². The van der Waals surface area contributed by atoms with Gasteiger partial charge in [0.05, 0.1) is 0 Å². The van der Waals surface area contributed by atoms with Gasteiger partial charge in [0.1, 0.15) is 0 Å². The van der Waals surface area contributed by atoms with Gasteiger partial charge in [-0.25, -0.2) is 0 Å². The van der Waals surface area contributed by atoms with E-state index in [1.807, 2.05) is 4.90 Å². The van der Waals surface area contributed by atoms with Gasteiger partial charge in [0.2, 0.25) is 0 Å². The second-order valence-electron chi connectivity index (χ2n) is 3.95. The van der Waals surface area contributed by atoms with Gasteiger partial charge in [-0.1, -0.05) is 0 Å². The lowest BCUT2D eigenvalue weighted by Gasteiger charge is -2.32. The highest BCUT2D eigenvalue weighted by molar-refractivity contribution is 9.10. The van der Waals surface area contributed by atoms with Gasteiger partial charge in [0, 0.05) is 12.6 Å². The number of nitrogens with zero attached hydrogens (tertiary/aromatic N) is 1. The molecule has 0 N–H and O–H groups in total. The molecule has 1 amide bonds. The molecular formula is C11H14BrNO2. The summed E-state index contributed by atoms with van der Waals surface area (Å²) >= 11 is 3.20. The van der Waals surface area contributed by atoms with Gasteiger partial charge in [-0.3, -0.25) is 4.79 Å². The number of carbonyl (C=O) groups is 1. The van der Waals surface area contributed by atoms with Crippen molar-refractivity contribution in [3.05, 3.63) is 22.6 Å². The van der Waals surface area contributed by atoms with E-state index in [1.54, 1.807) is 12.1 Å². The predicted octanol–water partition coefficient (Wildman–Crippen LogP) is 3.06. The van der Waals surface area contributed by atoms with Crippen molar-refractivity contribution in [2.75, 3.05) is 6.54 Å². The lowest BCUT2D eigenvalue weighted by Crippen LogP contribution is -2.41. The van der Waals surface area contributed by atoms with Crippen molar-refractivity contribution in [1.29, 1.82) is 0 Å². The normalized spacial score (nSPS) is 21.7. The van der Waals surface area contributed by atoms with E-state index in [2.05, 4.69) is 22.9 Å². The maximum Gasteiger partial charge on any atom is 0.289 e. The number of hydrogen-bond donors (Lipinski definition) is 0. The fourth-order valence-electron chi connectivity index (χ4n) is 1.97. The summed E-state index contributed by atoms with van der Waals surface area (Å²) in [5.74, 6) is 0.434. The first-order valence-corrected chi connectivity index (χ1v) is 6.04. The Hall–Kier alpha value is -0.770. The lowest BCUT2D eigenvalue weighted by atomic mass is 10.0. The molecule has 1 aromatic heterocycles. The summed E-state index contributed by atoms with van der Waals surface area (Å²) < 4.78 is 5.88. The van der Waals surface area contributed by atoms with Gasteiger partial charge in [-0.05, 0) is 54.2 Å². The summed E-state index contributed by atoms with van der Waals surface area (Å²) in [5, 5.41) is 0. The van der Waals surface area contributed by atoms with Gasteiger partial charge in [0.15, 0.2) is 10.4 Å².